The second-order valence-electron chi connectivity index (χ2n) is 2.65. The van der Waals surface area contributed by atoms with Crippen LogP contribution < -0.4 is 5.73 Å². The lowest BCUT2D eigenvalue weighted by molar-refractivity contribution is 0.0703. The minimum atomic E-state index is -4.52. The van der Waals surface area contributed by atoms with Crippen molar-refractivity contribution >= 4 is 10.4 Å². The zero-order chi connectivity index (χ0) is 9.83. The Balaban J connectivity index is 4.04. The van der Waals surface area contributed by atoms with Gasteiger partial charge in [-0.05, 0) is 19.8 Å². The predicted molar refractivity (Wildman–Crippen MR) is 41.5 cm³/mol. The Morgan fingerprint density at radius 1 is 1.58 bits per heavy atom. The molecule has 0 aromatic rings. The first-order valence-electron chi connectivity index (χ1n) is 3.35. The smallest absolute Gasteiger partial charge is 0.396 e. The van der Waals surface area contributed by atoms with Crippen molar-refractivity contribution in [3.63, 3.8) is 0 Å². The van der Waals surface area contributed by atoms with Crippen LogP contribution >= 0.6 is 0 Å². The van der Waals surface area contributed by atoms with E-state index < -0.39 is 16.1 Å². The van der Waals surface area contributed by atoms with Crippen molar-refractivity contribution in [3.8, 4) is 0 Å². The first-order chi connectivity index (χ1) is 5.27. The largest absolute Gasteiger partial charge is 0.399 e. The third kappa shape index (κ3) is 6.50. The van der Waals surface area contributed by atoms with Gasteiger partial charge < -0.3 is 10.8 Å². The fourth-order valence-electron chi connectivity index (χ4n) is 0.712. The van der Waals surface area contributed by atoms with Gasteiger partial charge in [0.15, 0.2) is 0 Å². The van der Waals surface area contributed by atoms with E-state index in [-0.39, 0.29) is 13.0 Å². The summed E-state index contributed by atoms with van der Waals surface area (Å²) in [5.74, 6) is 0. The molecule has 0 amide bonds. The van der Waals surface area contributed by atoms with Gasteiger partial charge in [-0.3, -0.25) is 4.55 Å². The number of nitrogens with two attached hydrogens (primary N) is 1. The topological polar surface area (TPSA) is 110 Å². The van der Waals surface area contributed by atoms with E-state index >= 15 is 0 Å². The highest BCUT2D eigenvalue weighted by molar-refractivity contribution is 7.80. The van der Waals surface area contributed by atoms with E-state index in [0.717, 1.165) is 0 Å². The molecular formula is C5H13NO5S. The lowest BCUT2D eigenvalue weighted by Crippen LogP contribution is -2.41. The molecule has 0 radical (unpaired) electrons. The normalized spacial score (nSPS) is 17.3. The summed E-state index contributed by atoms with van der Waals surface area (Å²) in [6.07, 6.45) is 0.450. The SMILES string of the molecule is CC(N)(CCCO)OS(=O)(=O)O. The van der Waals surface area contributed by atoms with Gasteiger partial charge in [0.05, 0.1) is 0 Å². The number of aliphatic hydroxyl groups excluding tert-OH is 1. The quantitative estimate of drug-likeness (QED) is 0.397. The number of hydrogen-bond donors (Lipinski definition) is 3. The summed E-state index contributed by atoms with van der Waals surface area (Å²) >= 11 is 0. The zero-order valence-corrected chi connectivity index (χ0v) is 7.54. The molecule has 0 saturated heterocycles. The monoisotopic (exact) mass is 199 g/mol. The molecule has 12 heavy (non-hydrogen) atoms. The van der Waals surface area contributed by atoms with Gasteiger partial charge in [0.2, 0.25) is 0 Å². The van der Waals surface area contributed by atoms with E-state index in [0.29, 0.717) is 6.42 Å². The van der Waals surface area contributed by atoms with Crippen LogP contribution in [0, 0.1) is 0 Å². The number of hydrogen-bond acceptors (Lipinski definition) is 5. The van der Waals surface area contributed by atoms with Crippen molar-refractivity contribution < 1.29 is 22.3 Å². The Bertz CT molecular complexity index is 222. The summed E-state index contributed by atoms with van der Waals surface area (Å²) in [5, 5.41) is 8.40. The average Bonchev–Trinajstić information content (AvgIpc) is 1.78. The first-order valence-corrected chi connectivity index (χ1v) is 4.71. The molecule has 74 valence electrons. The fourth-order valence-corrected chi connectivity index (χ4v) is 1.28. The van der Waals surface area contributed by atoms with Crippen LogP contribution in [0.4, 0.5) is 0 Å². The highest BCUT2D eigenvalue weighted by Crippen LogP contribution is 2.12. The van der Waals surface area contributed by atoms with Crippen molar-refractivity contribution in [3.05, 3.63) is 0 Å². The molecule has 6 nitrogen and oxygen atoms in total. The van der Waals surface area contributed by atoms with Gasteiger partial charge in [-0.25, -0.2) is 4.18 Å². The molecule has 1 atom stereocenters. The van der Waals surface area contributed by atoms with Gasteiger partial charge in [-0.1, -0.05) is 0 Å². The molecule has 0 aromatic carbocycles. The summed E-state index contributed by atoms with van der Waals surface area (Å²) in [7, 11) is -4.52. The van der Waals surface area contributed by atoms with Gasteiger partial charge in [0, 0.05) is 6.61 Å². The number of aliphatic hydroxyl groups is 1. The predicted octanol–water partition coefficient (Wildman–Crippen LogP) is -0.747. The lowest BCUT2D eigenvalue weighted by atomic mass is 10.1. The summed E-state index contributed by atoms with van der Waals surface area (Å²) in [6.45, 7) is 1.19. The molecule has 7 heteroatoms. The zero-order valence-electron chi connectivity index (χ0n) is 6.73. The molecule has 0 saturated carbocycles. The molecule has 0 spiro atoms. The van der Waals surface area contributed by atoms with E-state index in [9.17, 15) is 8.42 Å². The van der Waals surface area contributed by atoms with Gasteiger partial charge in [0.1, 0.15) is 5.72 Å². The lowest BCUT2D eigenvalue weighted by Gasteiger charge is -2.21. The van der Waals surface area contributed by atoms with Crippen molar-refractivity contribution in [2.24, 2.45) is 5.73 Å². The Morgan fingerprint density at radius 2 is 2.08 bits per heavy atom. The Morgan fingerprint density at radius 3 is 2.42 bits per heavy atom. The van der Waals surface area contributed by atoms with E-state index in [1.165, 1.54) is 6.92 Å². The maximum absolute atomic E-state index is 10.2. The van der Waals surface area contributed by atoms with Crippen molar-refractivity contribution in [1.82, 2.24) is 0 Å². The summed E-state index contributed by atoms with van der Waals surface area (Å²) in [5.41, 5.74) is 3.85. The molecule has 0 aromatic heterocycles. The van der Waals surface area contributed by atoms with E-state index in [1.807, 2.05) is 0 Å². The highest BCUT2D eigenvalue weighted by Gasteiger charge is 2.25. The van der Waals surface area contributed by atoms with Crippen LogP contribution in [0.25, 0.3) is 0 Å². The molecular weight excluding hydrogens is 186 g/mol. The van der Waals surface area contributed by atoms with E-state index in [1.54, 1.807) is 0 Å². The fraction of sp³-hybridized carbons (Fsp3) is 1.00. The average molecular weight is 199 g/mol. The Labute approximate surface area is 71.3 Å². The number of rotatable bonds is 5. The van der Waals surface area contributed by atoms with E-state index in [2.05, 4.69) is 4.18 Å². The molecule has 0 aliphatic rings. The molecule has 0 fully saturated rings. The molecule has 0 rings (SSSR count). The maximum atomic E-state index is 10.2. The van der Waals surface area contributed by atoms with Crippen molar-refractivity contribution in [2.75, 3.05) is 6.61 Å². The Kier molecular flexibility index (Phi) is 4.08. The minimum absolute atomic E-state index is 0.109. The van der Waals surface area contributed by atoms with Gasteiger partial charge in [-0.15, -0.1) is 0 Å². The van der Waals surface area contributed by atoms with Crippen LogP contribution in [0.5, 0.6) is 0 Å². The molecule has 0 aliphatic heterocycles. The summed E-state index contributed by atoms with van der Waals surface area (Å²) in [6, 6.07) is 0. The molecule has 0 aliphatic carbocycles. The second-order valence-corrected chi connectivity index (χ2v) is 3.67. The van der Waals surface area contributed by atoms with Crippen LogP contribution in [0.3, 0.4) is 0 Å². The van der Waals surface area contributed by atoms with Gasteiger partial charge in [-0.2, -0.15) is 8.42 Å². The molecule has 1 unspecified atom stereocenters. The Hall–Kier alpha value is -0.210. The van der Waals surface area contributed by atoms with Crippen LogP contribution in [0.15, 0.2) is 0 Å². The second kappa shape index (κ2) is 4.15. The van der Waals surface area contributed by atoms with Crippen LogP contribution in [0.2, 0.25) is 0 Å². The van der Waals surface area contributed by atoms with Gasteiger partial charge in [0.25, 0.3) is 0 Å². The maximum Gasteiger partial charge on any atom is 0.399 e. The highest BCUT2D eigenvalue weighted by atomic mass is 32.3. The molecule has 0 bridgehead atoms. The van der Waals surface area contributed by atoms with Crippen molar-refractivity contribution in [1.29, 1.82) is 0 Å². The van der Waals surface area contributed by atoms with Gasteiger partial charge >= 0.3 is 10.4 Å². The summed E-state index contributed by atoms with van der Waals surface area (Å²) in [4.78, 5) is 0. The van der Waals surface area contributed by atoms with Crippen LogP contribution in [-0.4, -0.2) is 30.4 Å². The standard InChI is InChI=1S/C5H13NO5S/c1-5(6,3-2-4-7)11-12(8,9)10/h7H,2-4,6H2,1H3,(H,8,9,10). The van der Waals surface area contributed by atoms with Crippen LogP contribution in [0.1, 0.15) is 19.8 Å². The van der Waals surface area contributed by atoms with E-state index in [4.69, 9.17) is 15.4 Å². The first kappa shape index (κ1) is 11.8. The summed E-state index contributed by atoms with van der Waals surface area (Å²) < 4.78 is 32.8. The molecule has 4 N–H and O–H groups in total. The minimum Gasteiger partial charge on any atom is -0.396 e. The van der Waals surface area contributed by atoms with Crippen molar-refractivity contribution in [2.45, 2.75) is 25.5 Å². The third-order valence-corrected chi connectivity index (χ3v) is 1.72. The molecule has 0 heterocycles. The third-order valence-electron chi connectivity index (χ3n) is 1.13. The van der Waals surface area contributed by atoms with Crippen LogP contribution in [-0.2, 0) is 14.6 Å².